The largest absolute Gasteiger partial charge is 0.379 e. The smallest absolute Gasteiger partial charge is 0.186 e. The summed E-state index contributed by atoms with van der Waals surface area (Å²) in [5.41, 5.74) is 7.23. The maximum Gasteiger partial charge on any atom is 0.186 e. The minimum absolute atomic E-state index is 0.0321. The number of ether oxygens (including phenoxy) is 1. The fourth-order valence-electron chi connectivity index (χ4n) is 2.76. The van der Waals surface area contributed by atoms with E-state index in [-0.39, 0.29) is 11.5 Å². The van der Waals surface area contributed by atoms with Crippen molar-refractivity contribution in [1.82, 2.24) is 0 Å². The summed E-state index contributed by atoms with van der Waals surface area (Å²) in [4.78, 5) is 0.357. The van der Waals surface area contributed by atoms with Gasteiger partial charge in [0.15, 0.2) is 9.84 Å². The highest BCUT2D eigenvalue weighted by atomic mass is 79.9. The second kappa shape index (κ2) is 4.80. The molecule has 1 saturated carbocycles. The van der Waals surface area contributed by atoms with E-state index in [1.165, 1.54) is 0 Å². The van der Waals surface area contributed by atoms with Gasteiger partial charge in [0.1, 0.15) is 5.25 Å². The lowest BCUT2D eigenvalue weighted by molar-refractivity contribution is 0.0416. The molecule has 1 aliphatic carbocycles. The van der Waals surface area contributed by atoms with Gasteiger partial charge in [-0.1, -0.05) is 6.07 Å². The summed E-state index contributed by atoms with van der Waals surface area (Å²) >= 11 is 3.41. The highest BCUT2D eigenvalue weighted by Gasteiger charge is 2.47. The van der Waals surface area contributed by atoms with Crippen molar-refractivity contribution in [2.75, 3.05) is 13.2 Å². The van der Waals surface area contributed by atoms with Gasteiger partial charge in [-0.3, -0.25) is 0 Å². The van der Waals surface area contributed by atoms with Crippen LogP contribution in [-0.2, 0) is 20.0 Å². The predicted octanol–water partition coefficient (Wildman–Crippen LogP) is 2.00. The van der Waals surface area contributed by atoms with Gasteiger partial charge < -0.3 is 10.5 Å². The number of sulfone groups is 1. The van der Waals surface area contributed by atoms with E-state index in [9.17, 15) is 8.42 Å². The Balaban J connectivity index is 1.96. The van der Waals surface area contributed by atoms with Gasteiger partial charge in [-0.05, 0) is 53.4 Å². The maximum atomic E-state index is 12.4. The quantitative estimate of drug-likeness (QED) is 0.892. The molecule has 20 heavy (non-hydrogen) atoms. The van der Waals surface area contributed by atoms with E-state index >= 15 is 0 Å². The average Bonchev–Trinajstić information content (AvgIpc) is 3.05. The van der Waals surface area contributed by atoms with E-state index in [1.807, 2.05) is 19.1 Å². The Morgan fingerprint density at radius 3 is 2.45 bits per heavy atom. The van der Waals surface area contributed by atoms with Crippen LogP contribution in [0.15, 0.2) is 27.6 Å². The highest BCUT2D eigenvalue weighted by molar-refractivity contribution is 9.10. The van der Waals surface area contributed by atoms with Crippen LogP contribution in [0.3, 0.4) is 0 Å². The van der Waals surface area contributed by atoms with E-state index in [0.717, 1.165) is 18.4 Å². The van der Waals surface area contributed by atoms with Gasteiger partial charge >= 0.3 is 0 Å². The van der Waals surface area contributed by atoms with Crippen LogP contribution in [0.25, 0.3) is 0 Å². The molecule has 1 heterocycles. The van der Waals surface area contributed by atoms with Crippen molar-refractivity contribution >= 4 is 25.8 Å². The Kier molecular flexibility index (Phi) is 3.48. The number of rotatable bonds is 4. The number of hydrogen-bond donors (Lipinski definition) is 1. The summed E-state index contributed by atoms with van der Waals surface area (Å²) in [5, 5.41) is -0.409. The molecular weight excluding hydrogens is 342 g/mol. The summed E-state index contributed by atoms with van der Waals surface area (Å²) in [5.74, 6) is 0. The molecule has 1 saturated heterocycles. The van der Waals surface area contributed by atoms with Gasteiger partial charge in [-0.25, -0.2) is 8.42 Å². The van der Waals surface area contributed by atoms with Crippen LogP contribution >= 0.6 is 15.9 Å². The number of benzene rings is 1. The molecule has 0 radical (unpaired) electrons. The first-order valence-corrected chi connectivity index (χ1v) is 9.09. The summed E-state index contributed by atoms with van der Waals surface area (Å²) in [6.07, 6.45) is 2.14. The molecule has 2 N–H and O–H groups in total. The first kappa shape index (κ1) is 14.5. The monoisotopic (exact) mass is 359 g/mol. The standard InChI is InChI=1S/C14H18BrNO3S/c1-9(16)14(4-5-14)10-2-3-13(12(15)6-10)20(17,18)11-7-19-8-11/h2-3,6,9,11H,4-5,7-8,16H2,1H3. The van der Waals surface area contributed by atoms with E-state index in [2.05, 4.69) is 15.9 Å². The maximum absolute atomic E-state index is 12.4. The Bertz CT molecular complexity index is 634. The normalized spacial score (nSPS) is 23.1. The third-order valence-electron chi connectivity index (χ3n) is 4.52. The molecule has 1 aromatic rings. The van der Waals surface area contributed by atoms with Crippen molar-refractivity contribution in [3.63, 3.8) is 0 Å². The average molecular weight is 360 g/mol. The molecule has 1 unspecified atom stereocenters. The van der Waals surface area contributed by atoms with Crippen molar-refractivity contribution in [2.45, 2.75) is 41.4 Å². The van der Waals surface area contributed by atoms with E-state index in [0.29, 0.717) is 22.6 Å². The third-order valence-corrected chi connectivity index (χ3v) is 7.56. The zero-order valence-corrected chi connectivity index (χ0v) is 13.7. The van der Waals surface area contributed by atoms with E-state index in [4.69, 9.17) is 10.5 Å². The number of hydrogen-bond acceptors (Lipinski definition) is 4. The van der Waals surface area contributed by atoms with Crippen molar-refractivity contribution in [2.24, 2.45) is 5.73 Å². The Hall–Kier alpha value is -0.430. The molecule has 110 valence electrons. The molecule has 1 aliphatic heterocycles. The molecule has 4 nitrogen and oxygen atoms in total. The SMILES string of the molecule is CC(N)C1(c2ccc(S(=O)(=O)C3COC3)c(Br)c2)CC1. The van der Waals surface area contributed by atoms with Gasteiger partial charge in [0.05, 0.1) is 18.1 Å². The second-order valence-electron chi connectivity index (χ2n) is 5.79. The summed E-state index contributed by atoms with van der Waals surface area (Å²) in [6.45, 7) is 2.60. The molecule has 3 rings (SSSR count). The lowest BCUT2D eigenvalue weighted by Crippen LogP contribution is -2.40. The van der Waals surface area contributed by atoms with Crippen LogP contribution < -0.4 is 5.73 Å². The zero-order valence-electron chi connectivity index (χ0n) is 11.3. The number of nitrogens with two attached hydrogens (primary N) is 1. The first-order chi connectivity index (χ1) is 9.38. The summed E-state index contributed by atoms with van der Waals surface area (Å²) in [6, 6.07) is 5.61. The second-order valence-corrected chi connectivity index (χ2v) is 8.85. The molecule has 0 amide bonds. The lowest BCUT2D eigenvalue weighted by atomic mass is 9.90. The Labute approximate surface area is 127 Å². The fraction of sp³-hybridized carbons (Fsp3) is 0.571. The van der Waals surface area contributed by atoms with Gasteiger partial charge in [-0.15, -0.1) is 0 Å². The first-order valence-electron chi connectivity index (χ1n) is 6.75. The van der Waals surface area contributed by atoms with Gasteiger partial charge in [0.25, 0.3) is 0 Å². The van der Waals surface area contributed by atoms with Crippen molar-refractivity contribution in [1.29, 1.82) is 0 Å². The molecule has 1 aromatic carbocycles. The van der Waals surface area contributed by atoms with Crippen molar-refractivity contribution < 1.29 is 13.2 Å². The van der Waals surface area contributed by atoms with Crippen LogP contribution in [0.5, 0.6) is 0 Å². The van der Waals surface area contributed by atoms with Crippen LogP contribution in [0, 0.1) is 0 Å². The molecule has 2 aliphatic rings. The van der Waals surface area contributed by atoms with Crippen LogP contribution in [0.1, 0.15) is 25.3 Å². The van der Waals surface area contributed by atoms with Crippen LogP contribution in [0.4, 0.5) is 0 Å². The van der Waals surface area contributed by atoms with Gasteiger partial charge in [0, 0.05) is 15.9 Å². The lowest BCUT2D eigenvalue weighted by Gasteiger charge is -2.27. The third kappa shape index (κ3) is 2.13. The van der Waals surface area contributed by atoms with Gasteiger partial charge in [-0.2, -0.15) is 0 Å². The summed E-state index contributed by atoms with van der Waals surface area (Å²) < 4.78 is 30.4. The number of halogens is 1. The molecule has 0 spiro atoms. The molecular formula is C14H18BrNO3S. The minimum atomic E-state index is -3.30. The molecule has 0 bridgehead atoms. The predicted molar refractivity (Wildman–Crippen MR) is 80.5 cm³/mol. The topological polar surface area (TPSA) is 69.4 Å². The molecule has 2 fully saturated rings. The van der Waals surface area contributed by atoms with Crippen molar-refractivity contribution in [3.05, 3.63) is 28.2 Å². The van der Waals surface area contributed by atoms with Crippen LogP contribution in [-0.4, -0.2) is 32.9 Å². The molecule has 6 heteroatoms. The van der Waals surface area contributed by atoms with Gasteiger partial charge in [0.2, 0.25) is 0 Å². The minimum Gasteiger partial charge on any atom is -0.379 e. The van der Waals surface area contributed by atoms with E-state index < -0.39 is 15.1 Å². The zero-order chi connectivity index (χ0) is 14.5. The highest BCUT2D eigenvalue weighted by Crippen LogP contribution is 2.51. The molecule has 0 aromatic heterocycles. The Morgan fingerprint density at radius 2 is 2.05 bits per heavy atom. The Morgan fingerprint density at radius 1 is 1.40 bits per heavy atom. The summed E-state index contributed by atoms with van der Waals surface area (Å²) in [7, 11) is -3.30. The fourth-order valence-corrected chi connectivity index (χ4v) is 5.31. The van der Waals surface area contributed by atoms with Crippen molar-refractivity contribution in [3.8, 4) is 0 Å². The molecule has 1 atom stereocenters. The van der Waals surface area contributed by atoms with Crippen LogP contribution in [0.2, 0.25) is 0 Å². The van der Waals surface area contributed by atoms with E-state index in [1.54, 1.807) is 6.07 Å².